The fraction of sp³-hybridized carbons (Fsp3) is 0.625. The molecule has 2 rings (SSSR count). The number of hydrogen-bond acceptors (Lipinski definition) is 2. The molecule has 1 radical (unpaired) electrons. The van der Waals surface area contributed by atoms with Crippen LogP contribution in [0.15, 0.2) is 11.3 Å². The Morgan fingerprint density at radius 2 is 2.40 bits per heavy atom. The Hall–Kier alpha value is -0.630. The van der Waals surface area contributed by atoms with Crippen LogP contribution in [0.2, 0.25) is 0 Å². The summed E-state index contributed by atoms with van der Waals surface area (Å²) >= 11 is 0. The molecule has 2 nitrogen and oxygen atoms in total. The fourth-order valence-corrected chi connectivity index (χ4v) is 1.54. The van der Waals surface area contributed by atoms with Gasteiger partial charge < -0.3 is 5.32 Å². The van der Waals surface area contributed by atoms with E-state index in [-0.39, 0.29) is 0 Å². The molecular weight excluding hydrogens is 124 g/mol. The topological polar surface area (TPSA) is 26.1 Å². The Balaban J connectivity index is 2.23. The van der Waals surface area contributed by atoms with Crippen LogP contribution < -0.4 is 10.3 Å². The van der Waals surface area contributed by atoms with Gasteiger partial charge in [-0.05, 0) is 19.4 Å². The third kappa shape index (κ3) is 0.991. The lowest BCUT2D eigenvalue weighted by Crippen LogP contribution is -2.28. The molecule has 0 amide bonds. The first-order chi connectivity index (χ1) is 4.97. The Morgan fingerprint density at radius 1 is 1.40 bits per heavy atom. The summed E-state index contributed by atoms with van der Waals surface area (Å²) in [5.74, 6) is 0. The van der Waals surface area contributed by atoms with Gasteiger partial charge >= 0.3 is 0 Å². The Bertz CT molecular complexity index is 191. The Labute approximate surface area is 61.0 Å². The zero-order chi connectivity index (χ0) is 6.81. The molecular formula is C8H12N2+. The summed E-state index contributed by atoms with van der Waals surface area (Å²) in [4.78, 5) is 4.34. The molecule has 0 spiro atoms. The van der Waals surface area contributed by atoms with Crippen molar-refractivity contribution in [2.24, 2.45) is 0 Å². The summed E-state index contributed by atoms with van der Waals surface area (Å²) in [7, 11) is 0. The van der Waals surface area contributed by atoms with Gasteiger partial charge in [-0.1, -0.05) is 0 Å². The monoisotopic (exact) mass is 136 g/mol. The van der Waals surface area contributed by atoms with E-state index in [4.69, 9.17) is 0 Å². The van der Waals surface area contributed by atoms with Gasteiger partial charge in [-0.15, -0.1) is 0 Å². The number of rotatable bonds is 0. The number of nitrogens with zero attached hydrogens (tertiary/aromatic N) is 1. The maximum Gasteiger partial charge on any atom is 0.266 e. The van der Waals surface area contributed by atoms with E-state index in [1.54, 1.807) is 5.57 Å². The van der Waals surface area contributed by atoms with Crippen LogP contribution >= 0.6 is 0 Å². The van der Waals surface area contributed by atoms with Crippen molar-refractivity contribution < 1.29 is 0 Å². The standard InChI is InChI=1S/C8H12N2/c1-2-7-3-5-9-6-8(7)10-4-1/h4,9H,1-3,5-6H2/q+1. The first kappa shape index (κ1) is 6.10. The van der Waals surface area contributed by atoms with E-state index in [9.17, 15) is 0 Å². The molecule has 0 aromatic rings. The Kier molecular flexibility index (Phi) is 1.55. The molecule has 2 heterocycles. The average Bonchev–Trinajstić information content (AvgIpc) is 2.05. The maximum absolute atomic E-state index is 4.34. The average molecular weight is 136 g/mol. The minimum atomic E-state index is 0.992. The number of aliphatic imine (C=N–C) groups is 1. The zero-order valence-electron chi connectivity index (χ0n) is 6.06. The van der Waals surface area contributed by atoms with Crippen molar-refractivity contribution in [1.82, 2.24) is 10.3 Å². The normalized spacial score (nSPS) is 24.8. The van der Waals surface area contributed by atoms with Crippen LogP contribution in [0.5, 0.6) is 0 Å². The van der Waals surface area contributed by atoms with Crippen LogP contribution in [0.3, 0.4) is 0 Å². The Morgan fingerprint density at radius 3 is 3.30 bits per heavy atom. The second kappa shape index (κ2) is 2.54. The molecule has 0 fully saturated rings. The van der Waals surface area contributed by atoms with Crippen LogP contribution in [0.25, 0.3) is 0 Å². The van der Waals surface area contributed by atoms with Gasteiger partial charge in [-0.2, -0.15) is 0 Å². The summed E-state index contributed by atoms with van der Waals surface area (Å²) < 4.78 is 0. The summed E-state index contributed by atoms with van der Waals surface area (Å²) in [6.45, 7) is 2.14. The molecule has 53 valence electrons. The van der Waals surface area contributed by atoms with Gasteiger partial charge in [0.25, 0.3) is 5.70 Å². The van der Waals surface area contributed by atoms with E-state index in [2.05, 4.69) is 10.3 Å². The van der Waals surface area contributed by atoms with Crippen molar-refractivity contribution in [2.75, 3.05) is 13.1 Å². The van der Waals surface area contributed by atoms with Crippen molar-refractivity contribution in [3.8, 4) is 0 Å². The first-order valence-corrected chi connectivity index (χ1v) is 3.91. The van der Waals surface area contributed by atoms with Gasteiger partial charge in [0.15, 0.2) is 0 Å². The summed E-state index contributed by atoms with van der Waals surface area (Å²) in [5, 5.41) is 3.31. The highest BCUT2D eigenvalue weighted by Gasteiger charge is 2.22. The first-order valence-electron chi connectivity index (χ1n) is 3.91. The molecule has 2 aliphatic rings. The maximum atomic E-state index is 4.34. The van der Waals surface area contributed by atoms with E-state index in [1.807, 2.05) is 6.21 Å². The van der Waals surface area contributed by atoms with Crippen LogP contribution in [-0.2, 0) is 0 Å². The summed E-state index contributed by atoms with van der Waals surface area (Å²) in [6.07, 6.45) is 5.65. The van der Waals surface area contributed by atoms with Crippen molar-refractivity contribution in [2.45, 2.75) is 19.3 Å². The van der Waals surface area contributed by atoms with Crippen molar-refractivity contribution >= 4 is 6.21 Å². The van der Waals surface area contributed by atoms with Gasteiger partial charge in [0.2, 0.25) is 6.21 Å². The molecule has 0 saturated heterocycles. The van der Waals surface area contributed by atoms with E-state index in [1.165, 1.54) is 18.5 Å². The van der Waals surface area contributed by atoms with Crippen LogP contribution in [0, 0.1) is 0 Å². The number of nitrogens with one attached hydrogen (secondary N) is 1. The van der Waals surface area contributed by atoms with Gasteiger partial charge in [-0.25, -0.2) is 0 Å². The molecule has 10 heavy (non-hydrogen) atoms. The molecule has 0 unspecified atom stereocenters. The predicted molar refractivity (Wildman–Crippen MR) is 41.9 cm³/mol. The smallest absolute Gasteiger partial charge is 0.266 e. The summed E-state index contributed by atoms with van der Waals surface area (Å²) in [6, 6.07) is 0. The lowest BCUT2D eigenvalue weighted by Gasteiger charge is -2.13. The third-order valence-electron chi connectivity index (χ3n) is 2.13. The minimum Gasteiger partial charge on any atom is -0.307 e. The predicted octanol–water partition coefficient (Wildman–Crippen LogP) is 0.434. The zero-order valence-corrected chi connectivity index (χ0v) is 6.06. The van der Waals surface area contributed by atoms with Crippen molar-refractivity contribution in [3.05, 3.63) is 11.3 Å². The highest BCUT2D eigenvalue weighted by molar-refractivity contribution is 5.60. The van der Waals surface area contributed by atoms with Crippen LogP contribution in [-0.4, -0.2) is 19.3 Å². The lowest BCUT2D eigenvalue weighted by molar-refractivity contribution is 0.635. The van der Waals surface area contributed by atoms with E-state index >= 15 is 0 Å². The molecule has 0 bridgehead atoms. The highest BCUT2D eigenvalue weighted by atomic mass is 14.9. The van der Waals surface area contributed by atoms with E-state index in [0.717, 1.165) is 19.5 Å². The lowest BCUT2D eigenvalue weighted by atomic mass is 10.00. The second-order valence-electron chi connectivity index (χ2n) is 2.83. The van der Waals surface area contributed by atoms with Gasteiger partial charge in [0.1, 0.15) is 0 Å². The SMILES string of the molecule is C1=[N+]C2=C(CC1)CCNC2. The van der Waals surface area contributed by atoms with Crippen LogP contribution in [0.4, 0.5) is 0 Å². The van der Waals surface area contributed by atoms with Crippen LogP contribution in [0.1, 0.15) is 19.3 Å². The minimum absolute atomic E-state index is 0.992. The van der Waals surface area contributed by atoms with E-state index in [0.29, 0.717) is 0 Å². The van der Waals surface area contributed by atoms with Crippen molar-refractivity contribution in [1.29, 1.82) is 0 Å². The van der Waals surface area contributed by atoms with Gasteiger partial charge in [0.05, 0.1) is 11.5 Å². The molecule has 2 heteroatoms. The van der Waals surface area contributed by atoms with Gasteiger partial charge in [-0.3, -0.25) is 0 Å². The quantitative estimate of drug-likeness (QED) is 0.513. The largest absolute Gasteiger partial charge is 0.307 e. The molecule has 0 aromatic carbocycles. The molecule has 0 aromatic heterocycles. The van der Waals surface area contributed by atoms with Gasteiger partial charge in [0, 0.05) is 12.0 Å². The molecule has 1 N–H and O–H groups in total. The second-order valence-corrected chi connectivity index (χ2v) is 2.83. The molecule has 2 aliphatic heterocycles. The fourth-order valence-electron chi connectivity index (χ4n) is 1.54. The third-order valence-corrected chi connectivity index (χ3v) is 2.13. The highest BCUT2D eigenvalue weighted by Crippen LogP contribution is 2.17. The van der Waals surface area contributed by atoms with Crippen molar-refractivity contribution in [3.63, 3.8) is 0 Å². The molecule has 0 aliphatic carbocycles. The molecule has 0 atom stereocenters. The molecule has 0 saturated carbocycles. The summed E-state index contributed by atoms with van der Waals surface area (Å²) in [5.41, 5.74) is 2.89. The number of hydrogen-bond donors (Lipinski definition) is 1. The van der Waals surface area contributed by atoms with E-state index < -0.39 is 0 Å².